The molecule has 0 bridgehead atoms. The molecule has 20 heavy (non-hydrogen) atoms. The summed E-state index contributed by atoms with van der Waals surface area (Å²) < 4.78 is 0.891. The number of thioether (sulfide) groups is 1. The summed E-state index contributed by atoms with van der Waals surface area (Å²) in [5, 5.41) is 3.03. The number of amides is 1. The summed E-state index contributed by atoms with van der Waals surface area (Å²) in [4.78, 5) is 14.4. The van der Waals surface area contributed by atoms with Crippen molar-refractivity contribution < 1.29 is 4.79 Å². The zero-order chi connectivity index (χ0) is 14.4. The fourth-order valence-electron chi connectivity index (χ4n) is 2.96. The highest BCUT2D eigenvalue weighted by Crippen LogP contribution is 2.23. The zero-order valence-electron chi connectivity index (χ0n) is 12.4. The van der Waals surface area contributed by atoms with Crippen molar-refractivity contribution in [2.45, 2.75) is 57.1 Å². The Balaban J connectivity index is 1.66. The predicted molar refractivity (Wildman–Crippen MR) is 90.0 cm³/mol. The van der Waals surface area contributed by atoms with Gasteiger partial charge in [-0.15, -0.1) is 0 Å². The first kappa shape index (κ1) is 16.1. The van der Waals surface area contributed by atoms with Crippen LogP contribution in [0, 0.1) is 5.92 Å². The molecule has 1 N–H and O–H groups in total. The van der Waals surface area contributed by atoms with E-state index < -0.39 is 0 Å². The van der Waals surface area contributed by atoms with Crippen molar-refractivity contribution in [3.63, 3.8) is 0 Å². The van der Waals surface area contributed by atoms with Gasteiger partial charge in [0, 0.05) is 19.6 Å². The minimum atomic E-state index is -0.0771. The van der Waals surface area contributed by atoms with Crippen LogP contribution in [0.3, 0.4) is 0 Å². The van der Waals surface area contributed by atoms with Crippen LogP contribution < -0.4 is 5.32 Å². The largest absolute Gasteiger partial charge is 0.358 e. The number of thiocarbonyl (C=S) groups is 1. The Bertz CT molecular complexity index is 337. The second kappa shape index (κ2) is 8.23. The molecular weight excluding hydrogens is 288 g/mol. The van der Waals surface area contributed by atoms with Crippen LogP contribution in [0.4, 0.5) is 0 Å². The maximum atomic E-state index is 12.1. The second-order valence-electron chi connectivity index (χ2n) is 5.97. The van der Waals surface area contributed by atoms with Crippen LogP contribution in [-0.4, -0.2) is 40.0 Å². The first-order valence-corrected chi connectivity index (χ1v) is 9.19. The molecule has 1 aliphatic heterocycles. The van der Waals surface area contributed by atoms with E-state index >= 15 is 0 Å². The van der Waals surface area contributed by atoms with E-state index in [2.05, 4.69) is 10.2 Å². The lowest BCUT2D eigenvalue weighted by Crippen LogP contribution is -2.37. The molecule has 0 aromatic carbocycles. The quantitative estimate of drug-likeness (QED) is 0.808. The average molecular weight is 315 g/mol. The third kappa shape index (κ3) is 4.92. The van der Waals surface area contributed by atoms with Gasteiger partial charge in [0.1, 0.15) is 4.32 Å². The van der Waals surface area contributed by atoms with Gasteiger partial charge in [0.15, 0.2) is 0 Å². The summed E-state index contributed by atoms with van der Waals surface area (Å²) >= 11 is 6.96. The number of carbonyl (C=O) groups is 1. The second-order valence-corrected chi connectivity index (χ2v) is 7.94. The van der Waals surface area contributed by atoms with Crippen molar-refractivity contribution >= 4 is 34.2 Å². The molecule has 1 heterocycles. The van der Waals surface area contributed by atoms with E-state index in [1.807, 2.05) is 6.92 Å². The molecule has 114 valence electrons. The van der Waals surface area contributed by atoms with E-state index in [9.17, 15) is 4.79 Å². The monoisotopic (exact) mass is 314 g/mol. The van der Waals surface area contributed by atoms with Crippen molar-refractivity contribution in [1.82, 2.24) is 10.2 Å². The number of nitrogens with zero attached hydrogens (tertiary/aromatic N) is 1. The Hall–Kier alpha value is -0.290. The van der Waals surface area contributed by atoms with Crippen molar-refractivity contribution in [2.75, 3.05) is 19.6 Å². The third-order valence-electron chi connectivity index (χ3n) is 4.30. The van der Waals surface area contributed by atoms with Crippen LogP contribution in [0.15, 0.2) is 0 Å². The van der Waals surface area contributed by atoms with Gasteiger partial charge in [0.2, 0.25) is 5.91 Å². The summed E-state index contributed by atoms with van der Waals surface area (Å²) in [5.74, 6) is 0.831. The smallest absolute Gasteiger partial charge is 0.233 e. The number of hydrogen-bond acceptors (Lipinski definition) is 3. The van der Waals surface area contributed by atoms with Gasteiger partial charge in [-0.25, -0.2) is 0 Å². The van der Waals surface area contributed by atoms with Crippen molar-refractivity contribution in [1.29, 1.82) is 0 Å². The van der Waals surface area contributed by atoms with E-state index in [0.717, 1.165) is 24.0 Å². The van der Waals surface area contributed by atoms with Crippen molar-refractivity contribution in [2.24, 2.45) is 5.92 Å². The van der Waals surface area contributed by atoms with E-state index in [1.54, 1.807) is 0 Å². The summed E-state index contributed by atoms with van der Waals surface area (Å²) in [6, 6.07) is 0. The SMILES string of the molecule is CC(SC(=S)N1CCCC1)C(=O)NCC1CCCCC1. The van der Waals surface area contributed by atoms with E-state index in [1.165, 1.54) is 56.7 Å². The fraction of sp³-hybridized carbons (Fsp3) is 0.867. The molecule has 0 spiro atoms. The molecular formula is C15H26N2OS2. The standard InChI is InChI=1S/C15H26N2OS2/c1-12(20-15(19)17-9-5-6-10-17)14(18)16-11-13-7-3-2-4-8-13/h12-13H,2-11H2,1H3,(H,16,18). The number of likely N-dealkylation sites (tertiary alicyclic amines) is 1. The molecule has 3 nitrogen and oxygen atoms in total. The predicted octanol–water partition coefficient (Wildman–Crippen LogP) is 3.19. The molecule has 2 rings (SSSR count). The lowest BCUT2D eigenvalue weighted by Gasteiger charge is -2.23. The van der Waals surface area contributed by atoms with Gasteiger partial charge in [0.05, 0.1) is 5.25 Å². The van der Waals surface area contributed by atoms with Gasteiger partial charge in [-0.05, 0) is 38.5 Å². The Morgan fingerprint density at radius 1 is 1.25 bits per heavy atom. The van der Waals surface area contributed by atoms with E-state index in [0.29, 0.717) is 5.92 Å². The molecule has 1 saturated heterocycles. The summed E-state index contributed by atoms with van der Waals surface area (Å²) in [6.07, 6.45) is 9.00. The number of hydrogen-bond donors (Lipinski definition) is 1. The topological polar surface area (TPSA) is 32.3 Å². The first-order chi connectivity index (χ1) is 9.66. The third-order valence-corrected chi connectivity index (χ3v) is 5.88. The summed E-state index contributed by atoms with van der Waals surface area (Å²) in [5.41, 5.74) is 0. The van der Waals surface area contributed by atoms with Gasteiger partial charge >= 0.3 is 0 Å². The Morgan fingerprint density at radius 3 is 2.55 bits per heavy atom. The van der Waals surface area contributed by atoms with Gasteiger partial charge in [-0.2, -0.15) is 0 Å². The van der Waals surface area contributed by atoms with Crippen LogP contribution in [0.2, 0.25) is 0 Å². The van der Waals surface area contributed by atoms with Gasteiger partial charge in [0.25, 0.3) is 0 Å². The molecule has 1 aliphatic carbocycles. The van der Waals surface area contributed by atoms with Crippen LogP contribution >= 0.6 is 24.0 Å². The Labute approximate surface area is 132 Å². The molecule has 2 fully saturated rings. The number of rotatable bonds is 4. The molecule has 1 atom stereocenters. The van der Waals surface area contributed by atoms with Crippen LogP contribution in [0.25, 0.3) is 0 Å². The van der Waals surface area contributed by atoms with E-state index in [4.69, 9.17) is 12.2 Å². The molecule has 2 aliphatic rings. The van der Waals surface area contributed by atoms with Gasteiger partial charge in [-0.3, -0.25) is 4.79 Å². The Morgan fingerprint density at radius 2 is 1.90 bits per heavy atom. The fourth-order valence-corrected chi connectivity index (χ4v) is 4.40. The lowest BCUT2D eigenvalue weighted by molar-refractivity contribution is -0.120. The molecule has 0 aromatic heterocycles. The average Bonchev–Trinajstić information content (AvgIpc) is 3.00. The van der Waals surface area contributed by atoms with Crippen LogP contribution in [0.1, 0.15) is 51.9 Å². The molecule has 5 heteroatoms. The highest BCUT2D eigenvalue weighted by Gasteiger charge is 2.22. The summed E-state index contributed by atoms with van der Waals surface area (Å²) in [6.45, 7) is 4.92. The highest BCUT2D eigenvalue weighted by molar-refractivity contribution is 8.23. The Kier molecular flexibility index (Phi) is 6.62. The zero-order valence-corrected chi connectivity index (χ0v) is 14.0. The minimum Gasteiger partial charge on any atom is -0.358 e. The normalized spacial score (nSPS) is 21.8. The van der Waals surface area contributed by atoms with Crippen molar-refractivity contribution in [3.8, 4) is 0 Å². The molecule has 1 amide bonds. The maximum absolute atomic E-state index is 12.1. The summed E-state index contributed by atoms with van der Waals surface area (Å²) in [7, 11) is 0. The molecule has 1 saturated carbocycles. The van der Waals surface area contributed by atoms with Crippen molar-refractivity contribution in [3.05, 3.63) is 0 Å². The minimum absolute atomic E-state index is 0.0771. The number of carbonyl (C=O) groups excluding carboxylic acids is 1. The number of nitrogens with one attached hydrogen (secondary N) is 1. The maximum Gasteiger partial charge on any atom is 0.233 e. The lowest BCUT2D eigenvalue weighted by atomic mass is 9.89. The molecule has 1 unspecified atom stereocenters. The highest BCUT2D eigenvalue weighted by atomic mass is 32.2. The first-order valence-electron chi connectivity index (χ1n) is 7.90. The molecule has 0 aromatic rings. The van der Waals surface area contributed by atoms with Gasteiger partial charge in [-0.1, -0.05) is 43.2 Å². The van der Waals surface area contributed by atoms with Crippen LogP contribution in [0.5, 0.6) is 0 Å². The van der Waals surface area contributed by atoms with Gasteiger partial charge < -0.3 is 10.2 Å². The molecule has 0 radical (unpaired) electrons. The van der Waals surface area contributed by atoms with Crippen LogP contribution in [-0.2, 0) is 4.79 Å². The van der Waals surface area contributed by atoms with E-state index in [-0.39, 0.29) is 11.2 Å².